The van der Waals surface area contributed by atoms with E-state index in [0.717, 1.165) is 24.2 Å². The average molecular weight is 621 g/mol. The average Bonchev–Trinajstić information content (AvgIpc) is 3.43. The third-order valence-electron chi connectivity index (χ3n) is 10.1. The van der Waals surface area contributed by atoms with E-state index in [4.69, 9.17) is 5.73 Å². The Bertz CT molecular complexity index is 2100. The molecular formula is C46H40N2. The van der Waals surface area contributed by atoms with Gasteiger partial charge in [-0.3, -0.25) is 0 Å². The summed E-state index contributed by atoms with van der Waals surface area (Å²) in [6.45, 7) is 2.25. The molecule has 1 unspecified atom stereocenters. The summed E-state index contributed by atoms with van der Waals surface area (Å²) in [7, 11) is 0. The normalized spacial score (nSPS) is 16.5. The molecule has 8 rings (SSSR count). The van der Waals surface area contributed by atoms with Crippen molar-refractivity contribution in [2.75, 3.05) is 5.32 Å². The van der Waals surface area contributed by atoms with E-state index in [1.54, 1.807) is 0 Å². The molecule has 0 amide bonds. The first-order chi connectivity index (χ1) is 23.6. The molecule has 0 radical (unpaired) electrons. The molecule has 0 saturated heterocycles. The molecule has 0 aliphatic heterocycles. The molecule has 6 aromatic rings. The van der Waals surface area contributed by atoms with E-state index in [1.165, 1.54) is 55.6 Å². The lowest BCUT2D eigenvalue weighted by atomic mass is 9.67. The predicted molar refractivity (Wildman–Crippen MR) is 202 cm³/mol. The Morgan fingerprint density at radius 1 is 0.667 bits per heavy atom. The van der Waals surface area contributed by atoms with Crippen molar-refractivity contribution in [3.63, 3.8) is 0 Å². The van der Waals surface area contributed by atoms with Gasteiger partial charge in [-0.15, -0.1) is 0 Å². The van der Waals surface area contributed by atoms with Crippen molar-refractivity contribution in [1.29, 1.82) is 0 Å². The van der Waals surface area contributed by atoms with Crippen LogP contribution in [0.15, 0.2) is 175 Å². The zero-order chi connectivity index (χ0) is 32.5. The standard InChI is InChI=1S/C46H40N2/c1-32-14-12-16-35(28-32)44(47)30-33-15-13-21-38(29-33)48-45-25-11-9-22-39(45)34-26-27-41-40-23-8-10-24-42(40)46(43(41)31-34,36-17-4-2-5-18-36)37-19-6-3-7-20-37/h2-13,15-29,31-32,44,48H,14,30,47H2,1H3/t32?,44-/m1/s1. The van der Waals surface area contributed by atoms with Crippen molar-refractivity contribution >= 4 is 11.4 Å². The first-order valence-electron chi connectivity index (χ1n) is 17.1. The van der Waals surface area contributed by atoms with Gasteiger partial charge in [0.1, 0.15) is 0 Å². The Hall–Kier alpha value is -5.44. The summed E-state index contributed by atoms with van der Waals surface area (Å²) in [6, 6.07) is 55.2. The van der Waals surface area contributed by atoms with Gasteiger partial charge in [-0.1, -0.05) is 153 Å². The van der Waals surface area contributed by atoms with Crippen LogP contribution in [0.5, 0.6) is 0 Å². The van der Waals surface area contributed by atoms with Crippen LogP contribution in [0.4, 0.5) is 11.4 Å². The van der Waals surface area contributed by atoms with E-state index < -0.39 is 5.41 Å². The van der Waals surface area contributed by atoms with Gasteiger partial charge in [0.2, 0.25) is 0 Å². The molecular weight excluding hydrogens is 581 g/mol. The highest BCUT2D eigenvalue weighted by atomic mass is 14.9. The summed E-state index contributed by atoms with van der Waals surface area (Å²) in [5.74, 6) is 0.541. The number of anilines is 2. The van der Waals surface area contributed by atoms with Crippen molar-refractivity contribution in [2.24, 2.45) is 11.7 Å². The molecule has 0 bridgehead atoms. The fourth-order valence-electron chi connectivity index (χ4n) is 7.88. The van der Waals surface area contributed by atoms with Gasteiger partial charge < -0.3 is 11.1 Å². The van der Waals surface area contributed by atoms with E-state index >= 15 is 0 Å². The maximum Gasteiger partial charge on any atom is 0.0713 e. The van der Waals surface area contributed by atoms with Crippen molar-refractivity contribution < 1.29 is 0 Å². The van der Waals surface area contributed by atoms with Crippen LogP contribution in [-0.2, 0) is 11.8 Å². The third kappa shape index (κ3) is 5.29. The van der Waals surface area contributed by atoms with Gasteiger partial charge in [0.25, 0.3) is 0 Å². The van der Waals surface area contributed by atoms with Crippen molar-refractivity contribution in [3.8, 4) is 22.3 Å². The lowest BCUT2D eigenvalue weighted by Gasteiger charge is -2.34. The second kappa shape index (κ2) is 12.6. The lowest BCUT2D eigenvalue weighted by molar-refractivity contribution is 0.694. The highest BCUT2D eigenvalue weighted by Crippen LogP contribution is 2.56. The quantitative estimate of drug-likeness (QED) is 0.177. The third-order valence-corrected chi connectivity index (χ3v) is 10.1. The first kappa shape index (κ1) is 29.9. The SMILES string of the molecule is CC1C=C([C@H](N)Cc2cccc(Nc3ccccc3-c3ccc4c(c3)C(c3ccccc3)(c3ccccc3)c3ccccc3-4)c2)C=CC1. The minimum Gasteiger partial charge on any atom is -0.355 e. The smallest absolute Gasteiger partial charge is 0.0713 e. The summed E-state index contributed by atoms with van der Waals surface area (Å²) in [4.78, 5) is 0. The minimum absolute atomic E-state index is 0.0171. The van der Waals surface area contributed by atoms with Crippen LogP contribution >= 0.6 is 0 Å². The van der Waals surface area contributed by atoms with E-state index in [9.17, 15) is 0 Å². The van der Waals surface area contributed by atoms with Crippen LogP contribution < -0.4 is 11.1 Å². The molecule has 2 heteroatoms. The summed E-state index contributed by atoms with van der Waals surface area (Å²) in [5.41, 5.74) is 21.0. The Morgan fingerprint density at radius 2 is 1.33 bits per heavy atom. The highest BCUT2D eigenvalue weighted by Gasteiger charge is 2.46. The fourth-order valence-corrected chi connectivity index (χ4v) is 7.88. The number of benzene rings is 6. The van der Waals surface area contributed by atoms with Crippen LogP contribution in [0.25, 0.3) is 22.3 Å². The van der Waals surface area contributed by atoms with Crippen LogP contribution in [-0.4, -0.2) is 6.04 Å². The molecule has 0 aromatic heterocycles. The second-order valence-electron chi connectivity index (χ2n) is 13.3. The number of para-hydroxylation sites is 1. The molecule has 2 aliphatic carbocycles. The summed E-state index contributed by atoms with van der Waals surface area (Å²) >= 11 is 0. The first-order valence-corrected chi connectivity index (χ1v) is 17.1. The van der Waals surface area contributed by atoms with Gasteiger partial charge in [-0.25, -0.2) is 0 Å². The molecule has 6 aromatic carbocycles. The molecule has 234 valence electrons. The summed E-state index contributed by atoms with van der Waals surface area (Å²) < 4.78 is 0. The van der Waals surface area contributed by atoms with Gasteiger partial charge >= 0.3 is 0 Å². The molecule has 0 spiro atoms. The van der Waals surface area contributed by atoms with Crippen molar-refractivity contribution in [1.82, 2.24) is 0 Å². The van der Waals surface area contributed by atoms with Crippen molar-refractivity contribution in [2.45, 2.75) is 31.2 Å². The fraction of sp³-hybridized carbons (Fsp3) is 0.130. The lowest BCUT2D eigenvalue weighted by Crippen LogP contribution is -2.28. The number of nitrogens with two attached hydrogens (primary N) is 1. The highest BCUT2D eigenvalue weighted by molar-refractivity contribution is 5.90. The molecule has 0 fully saturated rings. The van der Waals surface area contributed by atoms with Gasteiger partial charge in [-0.05, 0) is 93.1 Å². The van der Waals surface area contributed by atoms with E-state index in [2.05, 4.69) is 182 Å². The maximum atomic E-state index is 6.69. The Labute approximate surface area is 284 Å². The van der Waals surface area contributed by atoms with Crippen LogP contribution in [0.3, 0.4) is 0 Å². The zero-order valence-corrected chi connectivity index (χ0v) is 27.3. The van der Waals surface area contributed by atoms with Gasteiger partial charge in [0.15, 0.2) is 0 Å². The van der Waals surface area contributed by atoms with Crippen LogP contribution in [0.2, 0.25) is 0 Å². The molecule has 2 nitrogen and oxygen atoms in total. The number of allylic oxidation sites excluding steroid dienone is 2. The van der Waals surface area contributed by atoms with Crippen molar-refractivity contribution in [3.05, 3.63) is 203 Å². The zero-order valence-electron chi connectivity index (χ0n) is 27.3. The van der Waals surface area contributed by atoms with E-state index in [1.807, 2.05) is 0 Å². The van der Waals surface area contributed by atoms with E-state index in [0.29, 0.717) is 5.92 Å². The number of rotatable bonds is 8. The molecule has 0 saturated carbocycles. The molecule has 3 N–H and O–H groups in total. The molecule has 0 heterocycles. The number of hydrogen-bond donors (Lipinski definition) is 2. The van der Waals surface area contributed by atoms with Crippen LogP contribution in [0.1, 0.15) is 41.2 Å². The Morgan fingerprint density at radius 3 is 2.08 bits per heavy atom. The topological polar surface area (TPSA) is 38.0 Å². The van der Waals surface area contributed by atoms with Gasteiger partial charge in [0, 0.05) is 23.0 Å². The summed E-state index contributed by atoms with van der Waals surface area (Å²) in [5, 5.41) is 3.77. The Balaban J connectivity index is 1.19. The molecule has 2 aliphatic rings. The van der Waals surface area contributed by atoms with Gasteiger partial charge in [0.05, 0.1) is 5.41 Å². The monoisotopic (exact) mass is 620 g/mol. The second-order valence-corrected chi connectivity index (χ2v) is 13.3. The largest absolute Gasteiger partial charge is 0.355 e. The minimum atomic E-state index is -0.430. The number of nitrogens with one attached hydrogen (secondary N) is 1. The summed E-state index contributed by atoms with van der Waals surface area (Å²) in [6.07, 6.45) is 8.65. The van der Waals surface area contributed by atoms with Crippen LogP contribution in [0, 0.1) is 5.92 Å². The predicted octanol–water partition coefficient (Wildman–Crippen LogP) is 10.9. The molecule has 48 heavy (non-hydrogen) atoms. The Kier molecular flexibility index (Phi) is 7.88. The maximum absolute atomic E-state index is 6.69. The van der Waals surface area contributed by atoms with E-state index in [-0.39, 0.29) is 6.04 Å². The van der Waals surface area contributed by atoms with Gasteiger partial charge in [-0.2, -0.15) is 0 Å². The number of hydrogen-bond acceptors (Lipinski definition) is 2. The number of fused-ring (bicyclic) bond motifs is 3. The molecule has 2 atom stereocenters.